The van der Waals surface area contributed by atoms with Gasteiger partial charge in [0, 0.05) is 25.3 Å². The number of hydrogen-bond donors (Lipinski definition) is 0. The highest BCUT2D eigenvalue weighted by Gasteiger charge is 2.37. The van der Waals surface area contributed by atoms with Gasteiger partial charge in [-0.25, -0.2) is 4.79 Å². The van der Waals surface area contributed by atoms with E-state index in [9.17, 15) is 14.4 Å². The maximum absolute atomic E-state index is 12.4. The van der Waals surface area contributed by atoms with Crippen LogP contribution in [0.2, 0.25) is 0 Å². The summed E-state index contributed by atoms with van der Waals surface area (Å²) in [5.41, 5.74) is 0.921. The highest BCUT2D eigenvalue weighted by atomic mass is 16.5. The smallest absolute Gasteiger partial charge is 0.329 e. The van der Waals surface area contributed by atoms with Gasteiger partial charge in [-0.2, -0.15) is 0 Å². The van der Waals surface area contributed by atoms with Crippen molar-refractivity contribution >= 4 is 17.7 Å². The van der Waals surface area contributed by atoms with Crippen LogP contribution in [-0.4, -0.2) is 35.1 Å². The predicted molar refractivity (Wildman–Crippen MR) is 97.2 cm³/mol. The molecule has 2 aliphatic rings. The number of carbonyl (C=O) groups is 3. The number of amides is 1. The quantitative estimate of drug-likeness (QED) is 0.703. The third-order valence-corrected chi connectivity index (χ3v) is 5.48. The summed E-state index contributed by atoms with van der Waals surface area (Å²) < 4.78 is 5.40. The Morgan fingerprint density at radius 2 is 1.77 bits per heavy atom. The summed E-state index contributed by atoms with van der Waals surface area (Å²) in [6.07, 6.45) is 6.56. The van der Waals surface area contributed by atoms with Crippen molar-refractivity contribution in [2.75, 3.05) is 6.54 Å². The molecule has 26 heavy (non-hydrogen) atoms. The average Bonchev–Trinajstić information content (AvgIpc) is 3.06. The summed E-state index contributed by atoms with van der Waals surface area (Å²) in [5, 5.41) is 0. The van der Waals surface area contributed by atoms with Crippen molar-refractivity contribution in [3.63, 3.8) is 0 Å². The minimum absolute atomic E-state index is 0.0527. The van der Waals surface area contributed by atoms with Crippen LogP contribution in [-0.2, 0) is 25.7 Å². The highest BCUT2D eigenvalue weighted by Crippen LogP contribution is 2.26. The fourth-order valence-electron chi connectivity index (χ4n) is 3.94. The Hall–Kier alpha value is -2.17. The van der Waals surface area contributed by atoms with Crippen LogP contribution in [0.5, 0.6) is 0 Å². The first-order valence-electron chi connectivity index (χ1n) is 9.68. The van der Waals surface area contributed by atoms with Crippen LogP contribution < -0.4 is 0 Å². The Morgan fingerprint density at radius 1 is 1.04 bits per heavy atom. The van der Waals surface area contributed by atoms with Crippen LogP contribution in [0.3, 0.4) is 0 Å². The Morgan fingerprint density at radius 3 is 2.50 bits per heavy atom. The van der Waals surface area contributed by atoms with Crippen molar-refractivity contribution < 1.29 is 19.1 Å². The Balaban J connectivity index is 1.51. The molecule has 1 saturated heterocycles. The maximum Gasteiger partial charge on any atom is 0.329 e. The molecule has 140 valence electrons. The number of hydrogen-bond acceptors (Lipinski definition) is 4. The van der Waals surface area contributed by atoms with E-state index in [0.717, 1.165) is 31.2 Å². The van der Waals surface area contributed by atoms with Gasteiger partial charge in [-0.05, 0) is 24.8 Å². The van der Waals surface area contributed by atoms with Crippen molar-refractivity contribution in [2.24, 2.45) is 5.92 Å². The van der Waals surface area contributed by atoms with E-state index >= 15 is 0 Å². The maximum atomic E-state index is 12.4. The topological polar surface area (TPSA) is 63.7 Å². The summed E-state index contributed by atoms with van der Waals surface area (Å²) in [6.45, 7) is 0.540. The number of ketones is 1. The minimum Gasteiger partial charge on any atom is -0.459 e. The number of ether oxygens (including phenoxy) is 1. The van der Waals surface area contributed by atoms with Crippen molar-refractivity contribution in [1.29, 1.82) is 0 Å². The van der Waals surface area contributed by atoms with Gasteiger partial charge in [-0.3, -0.25) is 9.59 Å². The number of carbonyl (C=O) groups excluding carboxylic acids is 3. The van der Waals surface area contributed by atoms with Crippen molar-refractivity contribution in [3.05, 3.63) is 35.9 Å². The largest absolute Gasteiger partial charge is 0.459 e. The lowest BCUT2D eigenvalue weighted by atomic mass is 9.85. The molecule has 2 fully saturated rings. The summed E-state index contributed by atoms with van der Waals surface area (Å²) in [4.78, 5) is 38.5. The molecule has 1 aliphatic heterocycles. The van der Waals surface area contributed by atoms with Crippen LogP contribution >= 0.6 is 0 Å². The molecule has 1 aliphatic carbocycles. The molecule has 0 spiro atoms. The lowest BCUT2D eigenvalue weighted by molar-refractivity contribution is -0.153. The van der Waals surface area contributed by atoms with Crippen LogP contribution in [0.15, 0.2) is 30.3 Å². The molecule has 0 aromatic heterocycles. The molecule has 1 saturated carbocycles. The van der Waals surface area contributed by atoms with E-state index in [0.29, 0.717) is 25.8 Å². The van der Waals surface area contributed by atoms with Crippen LogP contribution in [0.1, 0.15) is 56.9 Å². The Kier molecular flexibility index (Phi) is 6.42. The zero-order valence-corrected chi connectivity index (χ0v) is 15.2. The zero-order chi connectivity index (χ0) is 18.4. The first kappa shape index (κ1) is 18.6. The van der Waals surface area contributed by atoms with Crippen molar-refractivity contribution in [2.45, 2.75) is 64.0 Å². The first-order chi connectivity index (χ1) is 12.6. The van der Waals surface area contributed by atoms with E-state index in [2.05, 4.69) is 0 Å². The van der Waals surface area contributed by atoms with Crippen LogP contribution in [0, 0.1) is 5.92 Å². The lowest BCUT2D eigenvalue weighted by Gasteiger charge is -2.25. The third kappa shape index (κ3) is 4.71. The molecule has 5 heteroatoms. The zero-order valence-electron chi connectivity index (χ0n) is 15.2. The number of likely N-dealkylation sites (tertiary alicyclic amines) is 1. The molecule has 0 radical (unpaired) electrons. The van der Waals surface area contributed by atoms with Gasteiger partial charge in [0.25, 0.3) is 0 Å². The second-order valence-electron chi connectivity index (χ2n) is 7.29. The summed E-state index contributed by atoms with van der Waals surface area (Å²) >= 11 is 0. The molecule has 0 bridgehead atoms. The minimum atomic E-state index is -0.551. The second-order valence-corrected chi connectivity index (χ2v) is 7.29. The fourth-order valence-corrected chi connectivity index (χ4v) is 3.94. The molecule has 0 unspecified atom stereocenters. The molecule has 3 rings (SSSR count). The van der Waals surface area contributed by atoms with Crippen molar-refractivity contribution in [3.8, 4) is 0 Å². The molecule has 1 aromatic carbocycles. The van der Waals surface area contributed by atoms with Gasteiger partial charge < -0.3 is 9.64 Å². The van der Waals surface area contributed by atoms with Gasteiger partial charge in [0.2, 0.25) is 5.91 Å². The second kappa shape index (κ2) is 8.97. The monoisotopic (exact) mass is 357 g/mol. The van der Waals surface area contributed by atoms with Gasteiger partial charge in [-0.15, -0.1) is 0 Å². The standard InChI is InChI=1S/C21H27NO4/c23-19(17-9-5-2-6-10-17)13-14-22-18(11-12-20(22)24)21(25)26-15-16-7-3-1-4-8-16/h1,3-4,7-8,17-18H,2,5-6,9-15H2/t18-/m1/s1. The van der Waals surface area contributed by atoms with Crippen molar-refractivity contribution in [1.82, 2.24) is 4.90 Å². The van der Waals surface area contributed by atoms with E-state index in [1.54, 1.807) is 4.90 Å². The number of rotatable bonds is 7. The molecule has 1 atom stereocenters. The third-order valence-electron chi connectivity index (χ3n) is 5.48. The lowest BCUT2D eigenvalue weighted by Crippen LogP contribution is -2.41. The first-order valence-corrected chi connectivity index (χ1v) is 9.68. The number of Topliss-reactive ketones (excluding diaryl/α,β-unsaturated/α-hetero) is 1. The Bertz CT molecular complexity index is 637. The van der Waals surface area contributed by atoms with Crippen LogP contribution in [0.4, 0.5) is 0 Å². The molecule has 5 nitrogen and oxygen atoms in total. The average molecular weight is 357 g/mol. The van der Waals surface area contributed by atoms with E-state index in [-0.39, 0.29) is 30.2 Å². The molecule has 0 N–H and O–H groups in total. The predicted octanol–water partition coefficient (Wildman–Crippen LogP) is 3.26. The number of benzene rings is 1. The van der Waals surface area contributed by atoms with E-state index in [1.807, 2.05) is 30.3 Å². The number of esters is 1. The van der Waals surface area contributed by atoms with Gasteiger partial charge in [-0.1, -0.05) is 49.6 Å². The molecule has 1 amide bonds. The van der Waals surface area contributed by atoms with Gasteiger partial charge >= 0.3 is 5.97 Å². The van der Waals surface area contributed by atoms with E-state index in [1.165, 1.54) is 6.42 Å². The molecular formula is C21H27NO4. The SMILES string of the molecule is O=C(CCN1C(=O)CC[C@@H]1C(=O)OCc1ccccc1)C1CCCCC1. The van der Waals surface area contributed by atoms with E-state index in [4.69, 9.17) is 4.74 Å². The molecule has 1 heterocycles. The van der Waals surface area contributed by atoms with Gasteiger partial charge in [0.05, 0.1) is 0 Å². The summed E-state index contributed by atoms with van der Waals surface area (Å²) in [7, 11) is 0. The summed E-state index contributed by atoms with van der Waals surface area (Å²) in [5.74, 6) is -0.0429. The molecule has 1 aromatic rings. The highest BCUT2D eigenvalue weighted by molar-refractivity contribution is 5.89. The normalized spacial score (nSPS) is 21.0. The van der Waals surface area contributed by atoms with E-state index < -0.39 is 6.04 Å². The summed E-state index contributed by atoms with van der Waals surface area (Å²) in [6, 6.07) is 8.94. The Labute approximate surface area is 154 Å². The van der Waals surface area contributed by atoms with Crippen LogP contribution in [0.25, 0.3) is 0 Å². The fraction of sp³-hybridized carbons (Fsp3) is 0.571. The number of nitrogens with zero attached hydrogens (tertiary/aromatic N) is 1. The van der Waals surface area contributed by atoms with Gasteiger partial charge in [0.1, 0.15) is 18.4 Å². The molecular weight excluding hydrogens is 330 g/mol. The van der Waals surface area contributed by atoms with Gasteiger partial charge in [0.15, 0.2) is 0 Å².